The number of carboxylic acid groups (broad SMARTS) is 1. The number of aryl methyl sites for hydroxylation is 1. The number of rotatable bonds is 5. The number of hydrogen-bond donors (Lipinski definition) is 2. The zero-order chi connectivity index (χ0) is 33.5. The smallest absolute Gasteiger partial charge is 0.434 e. The van der Waals surface area contributed by atoms with Crippen LogP contribution in [0.3, 0.4) is 0 Å². The third-order valence-corrected chi connectivity index (χ3v) is 10.3. The van der Waals surface area contributed by atoms with Crippen molar-refractivity contribution in [3.8, 4) is 27.4 Å². The van der Waals surface area contributed by atoms with Crippen molar-refractivity contribution in [1.82, 2.24) is 35.1 Å². The Labute approximate surface area is 275 Å². The van der Waals surface area contributed by atoms with Crippen molar-refractivity contribution < 1.29 is 37.4 Å². The monoisotopic (exact) mass is 691 g/mol. The van der Waals surface area contributed by atoms with Gasteiger partial charge in [-0.1, -0.05) is 12.2 Å². The van der Waals surface area contributed by atoms with E-state index >= 15 is 0 Å². The first-order chi connectivity index (χ1) is 22.3. The van der Waals surface area contributed by atoms with E-state index < -0.39 is 41.4 Å². The minimum atomic E-state index is -4.64. The molecule has 0 spiro atoms. The van der Waals surface area contributed by atoms with Crippen LogP contribution in [0.15, 0.2) is 29.0 Å². The highest BCUT2D eigenvalue weighted by molar-refractivity contribution is 7.13. The van der Waals surface area contributed by atoms with Gasteiger partial charge in [0.05, 0.1) is 0 Å². The lowest BCUT2D eigenvalue weighted by molar-refractivity contribution is -0.144. The van der Waals surface area contributed by atoms with E-state index in [1.807, 2.05) is 17.5 Å². The highest BCUT2D eigenvalue weighted by Gasteiger charge is 2.61. The number of carbonyl (C=O) groups excluding carboxylic acids is 2. The summed E-state index contributed by atoms with van der Waals surface area (Å²) in [6.07, 6.45) is 1.40. The Morgan fingerprint density at radius 1 is 1.11 bits per heavy atom. The van der Waals surface area contributed by atoms with Crippen LogP contribution in [0.1, 0.15) is 49.9 Å². The molecule has 4 atom stereocenters. The fourth-order valence-corrected chi connectivity index (χ4v) is 7.32. The van der Waals surface area contributed by atoms with Gasteiger partial charge < -0.3 is 25.0 Å². The second kappa shape index (κ2) is 12.8. The van der Waals surface area contributed by atoms with Crippen LogP contribution in [-0.2, 0) is 15.8 Å². The van der Waals surface area contributed by atoms with E-state index in [9.17, 15) is 32.7 Å². The molecule has 2 aliphatic heterocycles. The number of alkyl halides is 3. The van der Waals surface area contributed by atoms with E-state index in [4.69, 9.17) is 4.74 Å². The van der Waals surface area contributed by atoms with Gasteiger partial charge in [0.15, 0.2) is 16.5 Å². The molecule has 2 N–H and O–H groups in total. The molecule has 17 heteroatoms. The second-order valence-corrected chi connectivity index (χ2v) is 13.6. The Morgan fingerprint density at radius 2 is 1.89 bits per heavy atom. The number of fused-ring (bicyclic) bond motifs is 2. The molecule has 2 fully saturated rings. The number of nitrogens with one attached hydrogen (secondary N) is 1. The minimum absolute atomic E-state index is 0.0299. The van der Waals surface area contributed by atoms with Crippen LogP contribution >= 0.6 is 22.7 Å². The first-order valence-corrected chi connectivity index (χ1v) is 16.8. The fourth-order valence-electron chi connectivity index (χ4n) is 5.81. The van der Waals surface area contributed by atoms with Crippen LogP contribution in [0.25, 0.3) is 21.5 Å². The van der Waals surface area contributed by atoms with Crippen molar-refractivity contribution in [3.63, 3.8) is 0 Å². The van der Waals surface area contributed by atoms with E-state index in [1.54, 1.807) is 18.9 Å². The van der Waals surface area contributed by atoms with Gasteiger partial charge in [-0.3, -0.25) is 4.79 Å². The molecule has 6 rings (SSSR count). The third kappa shape index (κ3) is 6.95. The summed E-state index contributed by atoms with van der Waals surface area (Å²) in [6.45, 7) is 2.44. The molecule has 0 aromatic carbocycles. The van der Waals surface area contributed by atoms with Gasteiger partial charge >= 0.3 is 18.2 Å². The molecule has 3 aromatic heterocycles. The van der Waals surface area contributed by atoms with E-state index in [1.165, 1.54) is 22.3 Å². The van der Waals surface area contributed by atoms with Crippen LogP contribution in [0.2, 0.25) is 0 Å². The van der Waals surface area contributed by atoms with E-state index in [0.717, 1.165) is 41.7 Å². The van der Waals surface area contributed by atoms with E-state index in [2.05, 4.69) is 25.3 Å². The molecule has 0 bridgehead atoms. The number of aromatic nitrogens is 4. The van der Waals surface area contributed by atoms with Crippen molar-refractivity contribution in [2.75, 3.05) is 20.1 Å². The molecule has 3 aromatic rings. The maximum atomic E-state index is 13.8. The number of nitrogens with zero attached hydrogens (tertiary/aromatic N) is 6. The summed E-state index contributed by atoms with van der Waals surface area (Å²) in [7, 11) is 1.67. The summed E-state index contributed by atoms with van der Waals surface area (Å²) >= 11 is 2.04. The van der Waals surface area contributed by atoms with Gasteiger partial charge in [-0.05, 0) is 32.6 Å². The van der Waals surface area contributed by atoms with Crippen molar-refractivity contribution in [2.24, 2.45) is 5.92 Å². The predicted octanol–water partition coefficient (Wildman–Crippen LogP) is 5.01. The standard InChI is InChI=1S/C30H32F3N7O5S2/c1-16-14-46-25(34-16)19-12-22(37-23(35-19)26-36-21(15-47-26)30(31,32)33)45-18-8-10-40-20(11-18)24(41)38-29(27(42)43)13-17(29)7-5-3-4-6-9-39(2)28(40)44/h5,7,12,14-15,17-18,20H,3-4,6,8-11,13H2,1-2H3,(H,38,41)(H,42,43)/b7-5-/t17-,18+,20+,29-/m1/s1. The lowest BCUT2D eigenvalue weighted by atomic mass is 9.98. The topological polar surface area (TPSA) is 151 Å². The average molecular weight is 692 g/mol. The van der Waals surface area contributed by atoms with Gasteiger partial charge in [0.25, 0.3) is 0 Å². The molecule has 0 unspecified atom stereocenters. The van der Waals surface area contributed by atoms with Crippen molar-refractivity contribution >= 4 is 40.6 Å². The maximum Gasteiger partial charge on any atom is 0.434 e. The van der Waals surface area contributed by atoms with Crippen molar-refractivity contribution in [3.05, 3.63) is 40.4 Å². The van der Waals surface area contributed by atoms with Crippen LogP contribution in [-0.4, -0.2) is 90.6 Å². The molecule has 3 aliphatic rings. The van der Waals surface area contributed by atoms with Crippen LogP contribution in [0, 0.1) is 12.8 Å². The van der Waals surface area contributed by atoms with Crippen LogP contribution in [0.5, 0.6) is 5.88 Å². The first-order valence-electron chi connectivity index (χ1n) is 15.1. The normalized spacial score (nSPS) is 26.1. The molecule has 12 nitrogen and oxygen atoms in total. The molecule has 1 saturated carbocycles. The number of urea groups is 1. The highest BCUT2D eigenvalue weighted by atomic mass is 32.1. The lowest BCUT2D eigenvalue weighted by Gasteiger charge is -2.40. The third-order valence-electron chi connectivity index (χ3n) is 8.47. The summed E-state index contributed by atoms with van der Waals surface area (Å²) in [5, 5.41) is 15.9. The number of aliphatic carboxylic acids is 1. The molecule has 0 radical (unpaired) electrons. The number of ether oxygens (including phenoxy) is 1. The number of carbonyl (C=O) groups is 3. The van der Waals surface area contributed by atoms with Crippen molar-refractivity contribution in [2.45, 2.75) is 69.3 Å². The molecule has 5 heterocycles. The number of carboxylic acids is 1. The molecule has 250 valence electrons. The maximum absolute atomic E-state index is 13.8. The van der Waals surface area contributed by atoms with Gasteiger partial charge in [0.2, 0.25) is 11.8 Å². The van der Waals surface area contributed by atoms with Gasteiger partial charge in [-0.15, -0.1) is 22.7 Å². The van der Waals surface area contributed by atoms with E-state index in [-0.39, 0.29) is 48.0 Å². The Balaban J connectivity index is 1.29. The van der Waals surface area contributed by atoms with Crippen LogP contribution < -0.4 is 10.1 Å². The van der Waals surface area contributed by atoms with Gasteiger partial charge in [0, 0.05) is 61.4 Å². The fraction of sp³-hybridized carbons (Fsp3) is 0.500. The Bertz CT molecular complexity index is 1710. The van der Waals surface area contributed by atoms with Gasteiger partial charge in [0.1, 0.15) is 28.4 Å². The molecule has 1 saturated heterocycles. The molecular formula is C30H32F3N7O5S2. The summed E-state index contributed by atoms with van der Waals surface area (Å²) in [5.74, 6) is -2.13. The summed E-state index contributed by atoms with van der Waals surface area (Å²) in [4.78, 5) is 59.6. The van der Waals surface area contributed by atoms with Gasteiger partial charge in [-0.25, -0.2) is 24.5 Å². The number of halogens is 3. The second-order valence-electron chi connectivity index (χ2n) is 11.9. The Morgan fingerprint density at radius 3 is 2.60 bits per heavy atom. The highest BCUT2D eigenvalue weighted by Crippen LogP contribution is 2.45. The molecular weight excluding hydrogens is 660 g/mol. The van der Waals surface area contributed by atoms with Crippen LogP contribution in [0.4, 0.5) is 18.0 Å². The predicted molar refractivity (Wildman–Crippen MR) is 166 cm³/mol. The molecule has 1 aliphatic carbocycles. The summed E-state index contributed by atoms with van der Waals surface area (Å²) in [6, 6.07) is 0.145. The first kappa shape index (κ1) is 32.8. The zero-order valence-electron chi connectivity index (χ0n) is 25.5. The average Bonchev–Trinajstić information content (AvgIpc) is 3.33. The van der Waals surface area contributed by atoms with E-state index in [0.29, 0.717) is 23.7 Å². The largest absolute Gasteiger partial charge is 0.479 e. The lowest BCUT2D eigenvalue weighted by Crippen LogP contribution is -2.60. The number of thiazole rings is 2. The molecule has 47 heavy (non-hydrogen) atoms. The summed E-state index contributed by atoms with van der Waals surface area (Å²) in [5.41, 5.74) is -1.45. The quantitative estimate of drug-likeness (QED) is 0.352. The summed E-state index contributed by atoms with van der Waals surface area (Å²) < 4.78 is 46.2. The number of amides is 3. The zero-order valence-corrected chi connectivity index (χ0v) is 27.1. The number of hydrogen-bond acceptors (Lipinski definition) is 10. The SMILES string of the molecule is Cc1csc(-c2cc(O[C@H]3CCN4C(=O)N(C)CCCC/C=C\[C@@H]5C[C@@]5(C(=O)O)NC(=O)[C@@H]4C3)nc(-c3nc(C(F)(F)F)cs3)n2)n1. The van der Waals surface area contributed by atoms with Crippen molar-refractivity contribution in [1.29, 1.82) is 0 Å². The van der Waals surface area contributed by atoms with Gasteiger partial charge in [-0.2, -0.15) is 18.2 Å². The number of piperidine rings is 1. The number of allylic oxidation sites excluding steroid dienone is 1. The minimum Gasteiger partial charge on any atom is -0.479 e. The Kier molecular flexibility index (Phi) is 8.95. The molecule has 3 amide bonds. The Hall–Kier alpha value is -4.12.